The number of nitrogens with one attached hydrogen (secondary N) is 3. The van der Waals surface area contributed by atoms with Crippen molar-refractivity contribution in [3.63, 3.8) is 0 Å². The number of hydrogen-bond donors (Lipinski definition) is 3. The zero-order valence-corrected chi connectivity index (χ0v) is 19.3. The quantitative estimate of drug-likeness (QED) is 0.350. The fourth-order valence-corrected chi connectivity index (χ4v) is 4.62. The SMILES string of the molecule is CNc1cc(-c2cn(CO[C@@H]3CCOC3)c3ncccc23)nc2c(C(=O)NC3CC[C@H]3F)c[nH][n+]12. The number of rotatable bonds is 7. The van der Waals surface area contributed by atoms with Crippen LogP contribution >= 0.6 is 0 Å². The molecule has 1 aliphatic carbocycles. The highest BCUT2D eigenvalue weighted by Gasteiger charge is 2.34. The van der Waals surface area contributed by atoms with Crippen LogP contribution in [0.3, 0.4) is 0 Å². The molecule has 1 unspecified atom stereocenters. The number of anilines is 1. The number of H-pyrrole nitrogens is 1. The first kappa shape index (κ1) is 21.9. The minimum atomic E-state index is -0.996. The van der Waals surface area contributed by atoms with Gasteiger partial charge in [0.2, 0.25) is 5.82 Å². The number of halogens is 1. The molecular weight excluding hydrogens is 453 g/mol. The van der Waals surface area contributed by atoms with E-state index in [9.17, 15) is 9.18 Å². The number of aromatic amines is 1. The van der Waals surface area contributed by atoms with Gasteiger partial charge in [0.1, 0.15) is 24.1 Å². The van der Waals surface area contributed by atoms with E-state index >= 15 is 0 Å². The Hall–Kier alpha value is -3.57. The lowest BCUT2D eigenvalue weighted by atomic mass is 9.90. The number of amides is 1. The van der Waals surface area contributed by atoms with Gasteiger partial charge >= 0.3 is 0 Å². The molecule has 182 valence electrons. The number of hydrogen-bond acceptors (Lipinski definition) is 6. The van der Waals surface area contributed by atoms with Crippen molar-refractivity contribution in [1.82, 2.24) is 25.0 Å². The molecule has 0 bridgehead atoms. The molecule has 1 amide bonds. The van der Waals surface area contributed by atoms with Crippen molar-refractivity contribution in [3.8, 4) is 11.3 Å². The summed E-state index contributed by atoms with van der Waals surface area (Å²) in [6, 6.07) is 5.34. The molecule has 10 nitrogen and oxygen atoms in total. The van der Waals surface area contributed by atoms with Gasteiger partial charge in [-0.15, -0.1) is 4.52 Å². The molecule has 3 N–H and O–H groups in total. The molecule has 0 spiro atoms. The van der Waals surface area contributed by atoms with E-state index < -0.39 is 12.2 Å². The van der Waals surface area contributed by atoms with Crippen molar-refractivity contribution in [2.45, 2.75) is 44.3 Å². The highest BCUT2D eigenvalue weighted by atomic mass is 19.1. The molecule has 1 aliphatic heterocycles. The van der Waals surface area contributed by atoms with Crippen LogP contribution in [0.4, 0.5) is 10.2 Å². The summed E-state index contributed by atoms with van der Waals surface area (Å²) in [4.78, 5) is 22.3. The standard InChI is InChI=1S/C24H26FN7O3/c1-26-21-9-20(29-23-16(10-28-32(21)23)24(33)30-19-5-4-18(19)25)17-11-31(13-35-14-6-8-34-12-14)22-15(17)3-2-7-27-22/h2-3,7,9-11,14,18-19H,4-6,8,12-13H2,1H3,(H2,26,28,29,30,33)/p+1/t14-,18-,19?/m1/s1. The number of fused-ring (bicyclic) bond motifs is 2. The Morgan fingerprint density at radius 2 is 2.31 bits per heavy atom. The molecule has 6 rings (SSSR count). The van der Waals surface area contributed by atoms with Gasteiger partial charge < -0.3 is 24.7 Å². The van der Waals surface area contributed by atoms with Crippen LogP contribution in [0.1, 0.15) is 29.6 Å². The van der Waals surface area contributed by atoms with Crippen molar-refractivity contribution < 1.29 is 23.2 Å². The molecule has 1 saturated carbocycles. The number of carbonyl (C=O) groups excluding carboxylic acids is 1. The van der Waals surface area contributed by atoms with Crippen LogP contribution in [0.5, 0.6) is 0 Å². The van der Waals surface area contributed by atoms with Gasteiger partial charge in [0.15, 0.2) is 5.69 Å². The average molecular weight is 481 g/mol. The van der Waals surface area contributed by atoms with Crippen LogP contribution in [0.15, 0.2) is 36.8 Å². The number of ether oxygens (including phenoxy) is 2. The topological polar surface area (TPSA) is 110 Å². The zero-order chi connectivity index (χ0) is 23.9. The van der Waals surface area contributed by atoms with Gasteiger partial charge in [-0.05, 0) is 31.4 Å². The molecule has 4 aromatic rings. The summed E-state index contributed by atoms with van der Waals surface area (Å²) in [6.07, 6.45) is 6.39. The van der Waals surface area contributed by atoms with Crippen molar-refractivity contribution in [3.05, 3.63) is 42.4 Å². The number of carbonyl (C=O) groups is 1. The Morgan fingerprint density at radius 1 is 1.40 bits per heavy atom. The van der Waals surface area contributed by atoms with E-state index in [1.165, 1.54) is 0 Å². The highest BCUT2D eigenvalue weighted by molar-refractivity contribution is 6.00. The summed E-state index contributed by atoms with van der Waals surface area (Å²) in [5.74, 6) is 0.374. The van der Waals surface area contributed by atoms with E-state index in [-0.39, 0.29) is 12.0 Å². The van der Waals surface area contributed by atoms with E-state index in [2.05, 4.69) is 20.7 Å². The second-order valence-corrected chi connectivity index (χ2v) is 8.96. The maximum absolute atomic E-state index is 13.7. The van der Waals surface area contributed by atoms with Crippen LogP contribution in [0, 0.1) is 0 Å². The summed E-state index contributed by atoms with van der Waals surface area (Å²) in [5, 5.41) is 9.94. The summed E-state index contributed by atoms with van der Waals surface area (Å²) in [6.45, 7) is 1.66. The van der Waals surface area contributed by atoms with Gasteiger partial charge in [0, 0.05) is 37.0 Å². The van der Waals surface area contributed by atoms with Gasteiger partial charge in [-0.1, -0.05) is 4.98 Å². The van der Waals surface area contributed by atoms with Crippen molar-refractivity contribution in [2.24, 2.45) is 0 Å². The van der Waals surface area contributed by atoms with Gasteiger partial charge in [0.25, 0.3) is 11.6 Å². The first-order chi connectivity index (χ1) is 17.1. The minimum absolute atomic E-state index is 0.0712. The molecular formula is C24H27FN7O3+. The number of nitrogens with zero attached hydrogens (tertiary/aromatic N) is 4. The molecule has 5 heterocycles. The lowest BCUT2D eigenvalue weighted by Gasteiger charge is -2.30. The summed E-state index contributed by atoms with van der Waals surface area (Å²) < 4.78 is 28.8. The predicted molar refractivity (Wildman–Crippen MR) is 126 cm³/mol. The van der Waals surface area contributed by atoms with E-state index in [4.69, 9.17) is 14.5 Å². The third kappa shape index (κ3) is 3.90. The molecule has 35 heavy (non-hydrogen) atoms. The monoisotopic (exact) mass is 480 g/mol. The maximum atomic E-state index is 13.7. The highest BCUT2D eigenvalue weighted by Crippen LogP contribution is 2.30. The molecule has 11 heteroatoms. The molecule has 0 aromatic carbocycles. The number of alkyl halides is 1. The minimum Gasteiger partial charge on any atom is -0.379 e. The van der Waals surface area contributed by atoms with E-state index in [1.54, 1.807) is 24.0 Å². The normalized spacial score (nSPS) is 21.9. The Bertz CT molecular complexity index is 1390. The third-order valence-electron chi connectivity index (χ3n) is 6.79. The molecule has 2 aliphatic rings. The second kappa shape index (κ2) is 8.90. The van der Waals surface area contributed by atoms with Crippen molar-refractivity contribution >= 4 is 28.4 Å². The zero-order valence-electron chi connectivity index (χ0n) is 19.3. The second-order valence-electron chi connectivity index (χ2n) is 8.96. The fraction of sp³-hybridized carbons (Fsp3) is 0.417. The summed E-state index contributed by atoms with van der Waals surface area (Å²) in [7, 11) is 1.80. The lowest BCUT2D eigenvalue weighted by molar-refractivity contribution is -0.563. The lowest BCUT2D eigenvalue weighted by Crippen LogP contribution is -2.48. The molecule has 0 radical (unpaired) electrons. The van der Waals surface area contributed by atoms with Crippen LogP contribution in [0.2, 0.25) is 0 Å². The van der Waals surface area contributed by atoms with Crippen LogP contribution < -0.4 is 15.1 Å². The van der Waals surface area contributed by atoms with Crippen molar-refractivity contribution in [2.75, 3.05) is 25.6 Å². The van der Waals surface area contributed by atoms with Gasteiger partial charge in [-0.25, -0.2) is 9.37 Å². The Labute approximate surface area is 200 Å². The summed E-state index contributed by atoms with van der Waals surface area (Å²) in [5.41, 5.74) is 3.13. The average Bonchev–Trinajstić information content (AvgIpc) is 3.63. The number of pyridine rings is 1. The smallest absolute Gasteiger partial charge is 0.299 e. The van der Waals surface area contributed by atoms with Gasteiger partial charge in [0.05, 0.1) is 31.0 Å². The van der Waals surface area contributed by atoms with E-state index in [1.807, 2.05) is 29.0 Å². The first-order valence-corrected chi connectivity index (χ1v) is 11.8. The largest absolute Gasteiger partial charge is 0.379 e. The van der Waals surface area contributed by atoms with E-state index in [0.29, 0.717) is 49.7 Å². The Morgan fingerprint density at radius 3 is 3.06 bits per heavy atom. The molecule has 2 fully saturated rings. The van der Waals surface area contributed by atoms with Gasteiger partial charge in [-0.3, -0.25) is 9.89 Å². The summed E-state index contributed by atoms with van der Waals surface area (Å²) >= 11 is 0. The van der Waals surface area contributed by atoms with Crippen LogP contribution in [-0.4, -0.2) is 64.1 Å². The van der Waals surface area contributed by atoms with Crippen molar-refractivity contribution in [1.29, 1.82) is 0 Å². The first-order valence-electron chi connectivity index (χ1n) is 11.8. The fourth-order valence-electron chi connectivity index (χ4n) is 4.62. The predicted octanol–water partition coefficient (Wildman–Crippen LogP) is 2.20. The molecule has 4 aromatic heterocycles. The third-order valence-corrected chi connectivity index (χ3v) is 6.79. The van der Waals surface area contributed by atoms with Gasteiger partial charge in [-0.2, -0.15) is 0 Å². The Kier molecular flexibility index (Phi) is 5.57. The van der Waals surface area contributed by atoms with Crippen LogP contribution in [0.25, 0.3) is 27.9 Å². The van der Waals surface area contributed by atoms with Crippen LogP contribution in [-0.2, 0) is 16.2 Å². The maximum Gasteiger partial charge on any atom is 0.299 e. The molecule has 1 saturated heterocycles. The van der Waals surface area contributed by atoms with E-state index in [0.717, 1.165) is 28.8 Å². The number of aromatic nitrogens is 5. The Balaban J connectivity index is 1.39. The molecule has 3 atom stereocenters.